The average Bonchev–Trinajstić information content (AvgIpc) is 3.28. The van der Waals surface area contributed by atoms with E-state index < -0.39 is 6.43 Å². The van der Waals surface area contributed by atoms with E-state index in [4.69, 9.17) is 0 Å². The number of nitrogens with zero attached hydrogens (tertiary/aromatic N) is 1. The van der Waals surface area contributed by atoms with E-state index in [0.29, 0.717) is 17.7 Å². The van der Waals surface area contributed by atoms with E-state index in [9.17, 15) is 13.6 Å². The quantitative estimate of drug-likeness (QED) is 0.661. The van der Waals surface area contributed by atoms with Gasteiger partial charge in [0.05, 0.1) is 5.92 Å². The first-order chi connectivity index (χ1) is 15.1. The molecule has 0 aliphatic carbocycles. The van der Waals surface area contributed by atoms with Crippen LogP contribution in [0.5, 0.6) is 0 Å². The molecule has 2 atom stereocenters. The summed E-state index contributed by atoms with van der Waals surface area (Å²) in [6.45, 7) is 3.29. The van der Waals surface area contributed by atoms with Gasteiger partial charge in [0, 0.05) is 25.2 Å². The lowest BCUT2D eigenvalue weighted by atomic mass is 9.86. The third-order valence-corrected chi connectivity index (χ3v) is 6.98. The Morgan fingerprint density at radius 3 is 2.55 bits per heavy atom. The van der Waals surface area contributed by atoms with Gasteiger partial charge in [-0.05, 0) is 61.6 Å². The molecule has 1 N–H and O–H groups in total. The van der Waals surface area contributed by atoms with Crippen LogP contribution in [0.25, 0.3) is 0 Å². The number of carbonyl (C=O) groups is 1. The Morgan fingerprint density at radius 2 is 1.81 bits per heavy atom. The molecular weight excluding hydrogens is 394 g/mol. The van der Waals surface area contributed by atoms with Crippen molar-refractivity contribution < 1.29 is 13.6 Å². The first kappa shape index (κ1) is 21.9. The topological polar surface area (TPSA) is 32.3 Å². The van der Waals surface area contributed by atoms with Crippen LogP contribution in [-0.2, 0) is 11.2 Å². The molecule has 166 valence electrons. The van der Waals surface area contributed by atoms with Crippen molar-refractivity contribution in [3.05, 3.63) is 71.3 Å². The third kappa shape index (κ3) is 5.51. The number of aryl methyl sites for hydroxylation is 1. The molecule has 2 aromatic carbocycles. The predicted octanol–water partition coefficient (Wildman–Crippen LogP) is 5.19. The van der Waals surface area contributed by atoms with Crippen LogP contribution in [0.1, 0.15) is 54.7 Å². The maximum absolute atomic E-state index is 13.2. The minimum atomic E-state index is -2.42. The van der Waals surface area contributed by atoms with Crippen molar-refractivity contribution >= 4 is 5.91 Å². The van der Waals surface area contributed by atoms with Crippen LogP contribution in [-0.4, -0.2) is 37.0 Å². The van der Waals surface area contributed by atoms with E-state index >= 15 is 0 Å². The summed E-state index contributed by atoms with van der Waals surface area (Å²) in [6.07, 6.45) is 2.27. The van der Waals surface area contributed by atoms with Gasteiger partial charge in [0.2, 0.25) is 5.91 Å². The number of hydrogen-bond donors (Lipinski definition) is 1. The molecule has 0 spiro atoms. The Balaban J connectivity index is 1.26. The second-order valence-corrected chi connectivity index (χ2v) is 8.97. The van der Waals surface area contributed by atoms with E-state index in [2.05, 4.69) is 34.5 Å². The second kappa shape index (κ2) is 10.4. The Hall–Kier alpha value is -2.27. The molecular formula is C26H32F2N2O. The van der Waals surface area contributed by atoms with Gasteiger partial charge in [-0.2, -0.15) is 0 Å². The van der Waals surface area contributed by atoms with Crippen molar-refractivity contribution in [2.75, 3.05) is 26.2 Å². The van der Waals surface area contributed by atoms with Crippen molar-refractivity contribution in [2.45, 2.75) is 44.4 Å². The van der Waals surface area contributed by atoms with Gasteiger partial charge in [0.15, 0.2) is 0 Å². The monoisotopic (exact) mass is 426 g/mol. The molecule has 0 aromatic heterocycles. The van der Waals surface area contributed by atoms with Crippen molar-refractivity contribution in [3.8, 4) is 0 Å². The van der Waals surface area contributed by atoms with Gasteiger partial charge >= 0.3 is 0 Å². The van der Waals surface area contributed by atoms with Gasteiger partial charge in [-0.15, -0.1) is 0 Å². The number of nitrogens with one attached hydrogen (secondary N) is 1. The molecule has 2 aromatic rings. The largest absolute Gasteiger partial charge is 0.342 e. The number of piperidine rings is 1. The van der Waals surface area contributed by atoms with Crippen molar-refractivity contribution in [1.29, 1.82) is 0 Å². The molecule has 31 heavy (non-hydrogen) atoms. The molecule has 1 unspecified atom stereocenters. The lowest BCUT2D eigenvalue weighted by Gasteiger charge is -2.34. The Bertz CT molecular complexity index is 849. The number of benzene rings is 2. The first-order valence-electron chi connectivity index (χ1n) is 11.5. The number of carbonyl (C=O) groups excluding carboxylic acids is 1. The summed E-state index contributed by atoms with van der Waals surface area (Å²) in [7, 11) is 0. The van der Waals surface area contributed by atoms with Crippen LogP contribution >= 0.6 is 0 Å². The molecule has 2 aliphatic rings. The summed E-state index contributed by atoms with van der Waals surface area (Å²) in [5.41, 5.74) is 2.42. The van der Waals surface area contributed by atoms with Crippen molar-refractivity contribution in [1.82, 2.24) is 10.2 Å². The summed E-state index contributed by atoms with van der Waals surface area (Å²) in [6, 6.07) is 17.3. The number of likely N-dealkylation sites (tertiary alicyclic amines) is 1. The number of alkyl halides is 2. The van der Waals surface area contributed by atoms with E-state index in [1.807, 2.05) is 12.1 Å². The van der Waals surface area contributed by atoms with Crippen LogP contribution in [0.2, 0.25) is 0 Å². The van der Waals surface area contributed by atoms with Gasteiger partial charge in [-0.3, -0.25) is 4.79 Å². The number of hydrogen-bond acceptors (Lipinski definition) is 2. The zero-order valence-electron chi connectivity index (χ0n) is 18.0. The van der Waals surface area contributed by atoms with E-state index in [0.717, 1.165) is 63.8 Å². The second-order valence-electron chi connectivity index (χ2n) is 8.97. The summed E-state index contributed by atoms with van der Waals surface area (Å²) >= 11 is 0. The molecule has 1 amide bonds. The molecule has 0 radical (unpaired) electrons. The normalized spacial score (nSPS) is 22.2. The maximum Gasteiger partial charge on any atom is 0.263 e. The fraction of sp³-hybridized carbons (Fsp3) is 0.500. The lowest BCUT2D eigenvalue weighted by molar-refractivity contribution is -0.137. The molecule has 2 saturated heterocycles. The molecule has 3 nitrogen and oxygen atoms in total. The number of amides is 1. The van der Waals surface area contributed by atoms with E-state index in [1.165, 1.54) is 11.6 Å². The van der Waals surface area contributed by atoms with Gasteiger partial charge in [-0.25, -0.2) is 8.78 Å². The van der Waals surface area contributed by atoms with Crippen LogP contribution in [0, 0.1) is 11.8 Å². The summed E-state index contributed by atoms with van der Waals surface area (Å²) < 4.78 is 25.8. The minimum Gasteiger partial charge on any atom is -0.342 e. The third-order valence-electron chi connectivity index (χ3n) is 6.98. The van der Waals surface area contributed by atoms with Crippen molar-refractivity contribution in [2.24, 2.45) is 11.8 Å². The van der Waals surface area contributed by atoms with Crippen LogP contribution in [0.4, 0.5) is 8.78 Å². The van der Waals surface area contributed by atoms with Gasteiger partial charge < -0.3 is 10.2 Å². The Morgan fingerprint density at radius 1 is 1.03 bits per heavy atom. The Labute approximate surface area is 183 Å². The predicted molar refractivity (Wildman–Crippen MR) is 119 cm³/mol. The van der Waals surface area contributed by atoms with Gasteiger partial charge in [0.25, 0.3) is 6.43 Å². The summed E-state index contributed by atoms with van der Waals surface area (Å²) in [4.78, 5) is 15.3. The smallest absolute Gasteiger partial charge is 0.263 e. The van der Waals surface area contributed by atoms with E-state index in [1.54, 1.807) is 12.1 Å². The highest BCUT2D eigenvalue weighted by molar-refractivity contribution is 5.80. The zero-order valence-corrected chi connectivity index (χ0v) is 18.0. The highest BCUT2D eigenvalue weighted by atomic mass is 19.3. The summed E-state index contributed by atoms with van der Waals surface area (Å²) in [5.74, 6) is 1.21. The zero-order chi connectivity index (χ0) is 21.6. The van der Waals surface area contributed by atoms with Crippen LogP contribution in [0.3, 0.4) is 0 Å². The number of halogens is 2. The van der Waals surface area contributed by atoms with Gasteiger partial charge in [0.1, 0.15) is 0 Å². The van der Waals surface area contributed by atoms with Crippen molar-refractivity contribution in [3.63, 3.8) is 0 Å². The molecule has 2 aliphatic heterocycles. The molecule has 2 fully saturated rings. The highest BCUT2D eigenvalue weighted by Gasteiger charge is 2.36. The molecule has 4 rings (SSSR count). The molecule has 5 heteroatoms. The average molecular weight is 427 g/mol. The summed E-state index contributed by atoms with van der Waals surface area (Å²) in [5, 5.41) is 3.40. The first-order valence-corrected chi connectivity index (χ1v) is 11.5. The minimum absolute atomic E-state index is 0.0423. The molecule has 0 saturated carbocycles. The molecule has 0 bridgehead atoms. The maximum atomic E-state index is 13.2. The van der Waals surface area contributed by atoms with Crippen LogP contribution < -0.4 is 5.32 Å². The Kier molecular flexibility index (Phi) is 7.33. The highest BCUT2D eigenvalue weighted by Crippen LogP contribution is 2.31. The van der Waals surface area contributed by atoms with Crippen LogP contribution in [0.15, 0.2) is 54.6 Å². The van der Waals surface area contributed by atoms with E-state index in [-0.39, 0.29) is 11.5 Å². The fourth-order valence-corrected chi connectivity index (χ4v) is 5.17. The molecule has 2 heterocycles. The standard InChI is InChI=1S/C26H32F2N2O/c27-25(28)22-10-4-6-19(16-22)7-5-11-23-17-29-18-24(23)26(31)30-14-12-21(13-15-30)20-8-2-1-3-9-20/h1-4,6,8-10,16,21,23-25,29H,5,7,11-15,17-18H2/t23?,24-/m1/s1. The number of rotatable bonds is 7. The lowest BCUT2D eigenvalue weighted by Crippen LogP contribution is -2.43. The SMILES string of the molecule is O=C([C@@H]1CNCC1CCCc1cccc(C(F)F)c1)N1CCC(c2ccccc2)CC1. The van der Waals surface area contributed by atoms with Gasteiger partial charge in [-0.1, -0.05) is 54.6 Å². The fourth-order valence-electron chi connectivity index (χ4n) is 5.17.